The Kier molecular flexibility index (Phi) is 5.65. The van der Waals surface area contributed by atoms with Gasteiger partial charge in [0.15, 0.2) is 0 Å². The standard InChI is InChI=1S/C14H21NO3/c1-11(2)10-18-13-6-4-5-12(9-13)14(17)15(3)7-8-16/h4-6,9,11,16H,7-8,10H2,1-3H3. The van der Waals surface area contributed by atoms with E-state index in [1.54, 1.807) is 25.2 Å². The Labute approximate surface area is 108 Å². The van der Waals surface area contributed by atoms with Gasteiger partial charge in [-0.05, 0) is 24.1 Å². The third-order valence-corrected chi connectivity index (χ3v) is 2.45. The van der Waals surface area contributed by atoms with Crippen molar-refractivity contribution in [3.05, 3.63) is 29.8 Å². The van der Waals surface area contributed by atoms with Gasteiger partial charge < -0.3 is 14.7 Å². The van der Waals surface area contributed by atoms with E-state index in [0.717, 1.165) is 0 Å². The smallest absolute Gasteiger partial charge is 0.253 e. The van der Waals surface area contributed by atoms with Crippen LogP contribution in [-0.2, 0) is 0 Å². The van der Waals surface area contributed by atoms with Gasteiger partial charge in [0.2, 0.25) is 0 Å². The van der Waals surface area contributed by atoms with Crippen LogP contribution in [0.3, 0.4) is 0 Å². The Morgan fingerprint density at radius 1 is 1.44 bits per heavy atom. The number of carbonyl (C=O) groups excluding carboxylic acids is 1. The first-order valence-corrected chi connectivity index (χ1v) is 6.13. The molecule has 18 heavy (non-hydrogen) atoms. The van der Waals surface area contributed by atoms with Gasteiger partial charge >= 0.3 is 0 Å². The average molecular weight is 251 g/mol. The topological polar surface area (TPSA) is 49.8 Å². The van der Waals surface area contributed by atoms with Gasteiger partial charge in [-0.15, -0.1) is 0 Å². The second-order valence-electron chi connectivity index (χ2n) is 4.68. The zero-order chi connectivity index (χ0) is 13.5. The molecule has 0 unspecified atom stereocenters. The lowest BCUT2D eigenvalue weighted by Crippen LogP contribution is -2.29. The summed E-state index contributed by atoms with van der Waals surface area (Å²) in [6.45, 7) is 5.07. The van der Waals surface area contributed by atoms with Crippen molar-refractivity contribution < 1.29 is 14.6 Å². The molecule has 0 aliphatic heterocycles. The molecule has 0 spiro atoms. The van der Waals surface area contributed by atoms with Gasteiger partial charge in [0.05, 0.1) is 13.2 Å². The third-order valence-electron chi connectivity index (χ3n) is 2.45. The number of rotatable bonds is 6. The molecule has 0 saturated carbocycles. The van der Waals surface area contributed by atoms with Crippen LogP contribution in [0.15, 0.2) is 24.3 Å². The molecule has 0 aliphatic carbocycles. The van der Waals surface area contributed by atoms with Crippen molar-refractivity contribution in [2.45, 2.75) is 13.8 Å². The molecule has 100 valence electrons. The lowest BCUT2D eigenvalue weighted by Gasteiger charge is -2.16. The molecule has 1 aromatic rings. The molecule has 0 heterocycles. The molecule has 0 radical (unpaired) electrons. The number of benzene rings is 1. The minimum absolute atomic E-state index is 0.0359. The highest BCUT2D eigenvalue weighted by molar-refractivity contribution is 5.94. The van der Waals surface area contributed by atoms with Gasteiger partial charge in [0.1, 0.15) is 5.75 Å². The molecule has 0 bridgehead atoms. The van der Waals surface area contributed by atoms with Gasteiger partial charge in [-0.2, -0.15) is 0 Å². The highest BCUT2D eigenvalue weighted by Gasteiger charge is 2.11. The first-order valence-electron chi connectivity index (χ1n) is 6.13. The fraction of sp³-hybridized carbons (Fsp3) is 0.500. The Hall–Kier alpha value is -1.55. The predicted octanol–water partition coefficient (Wildman–Crippen LogP) is 1.79. The minimum atomic E-state index is -0.112. The Balaban J connectivity index is 2.72. The van der Waals surface area contributed by atoms with Crippen molar-refractivity contribution in [1.82, 2.24) is 4.90 Å². The Morgan fingerprint density at radius 2 is 2.17 bits per heavy atom. The van der Waals surface area contributed by atoms with Crippen LogP contribution in [-0.4, -0.2) is 42.7 Å². The quantitative estimate of drug-likeness (QED) is 0.838. The molecule has 1 aromatic carbocycles. The molecule has 4 heteroatoms. The molecule has 0 atom stereocenters. The van der Waals surface area contributed by atoms with Crippen LogP contribution >= 0.6 is 0 Å². The summed E-state index contributed by atoms with van der Waals surface area (Å²) in [7, 11) is 1.67. The fourth-order valence-electron chi connectivity index (χ4n) is 1.45. The number of likely N-dealkylation sites (N-methyl/N-ethyl adjacent to an activating group) is 1. The maximum absolute atomic E-state index is 12.0. The molecule has 1 rings (SSSR count). The van der Waals surface area contributed by atoms with Crippen molar-refractivity contribution in [2.24, 2.45) is 5.92 Å². The lowest BCUT2D eigenvalue weighted by molar-refractivity contribution is 0.0766. The van der Waals surface area contributed by atoms with Gasteiger partial charge in [-0.1, -0.05) is 19.9 Å². The third kappa shape index (κ3) is 4.37. The SMILES string of the molecule is CC(C)COc1cccc(C(=O)N(C)CCO)c1. The number of amides is 1. The summed E-state index contributed by atoms with van der Waals surface area (Å²) in [5, 5.41) is 8.81. The number of hydrogen-bond acceptors (Lipinski definition) is 3. The summed E-state index contributed by atoms with van der Waals surface area (Å²) in [5.41, 5.74) is 0.576. The molecular formula is C14H21NO3. The van der Waals surface area contributed by atoms with Crippen molar-refractivity contribution in [3.8, 4) is 5.75 Å². The van der Waals surface area contributed by atoms with E-state index >= 15 is 0 Å². The number of aliphatic hydroxyl groups is 1. The maximum Gasteiger partial charge on any atom is 0.253 e. The largest absolute Gasteiger partial charge is 0.493 e. The summed E-state index contributed by atoms with van der Waals surface area (Å²) in [6.07, 6.45) is 0. The first-order chi connectivity index (χ1) is 8.54. The van der Waals surface area contributed by atoms with Crippen LogP contribution in [0.4, 0.5) is 0 Å². The maximum atomic E-state index is 12.0. The number of aliphatic hydroxyl groups excluding tert-OH is 1. The van der Waals surface area contributed by atoms with E-state index < -0.39 is 0 Å². The molecule has 0 aliphatic rings. The molecule has 4 nitrogen and oxygen atoms in total. The number of ether oxygens (including phenoxy) is 1. The fourth-order valence-corrected chi connectivity index (χ4v) is 1.45. The van der Waals surface area contributed by atoms with E-state index in [1.807, 2.05) is 6.07 Å². The summed E-state index contributed by atoms with van der Waals surface area (Å²) < 4.78 is 5.58. The Morgan fingerprint density at radius 3 is 2.78 bits per heavy atom. The molecule has 1 N–H and O–H groups in total. The second-order valence-corrected chi connectivity index (χ2v) is 4.68. The van der Waals surface area contributed by atoms with E-state index in [-0.39, 0.29) is 12.5 Å². The zero-order valence-electron chi connectivity index (χ0n) is 11.2. The highest BCUT2D eigenvalue weighted by Crippen LogP contribution is 2.15. The van der Waals surface area contributed by atoms with E-state index in [1.165, 1.54) is 4.90 Å². The monoisotopic (exact) mass is 251 g/mol. The molecule has 1 amide bonds. The highest BCUT2D eigenvalue weighted by atomic mass is 16.5. The van der Waals surface area contributed by atoms with Crippen molar-refractivity contribution in [1.29, 1.82) is 0 Å². The van der Waals surface area contributed by atoms with E-state index in [4.69, 9.17) is 9.84 Å². The molecule has 0 saturated heterocycles. The average Bonchev–Trinajstić information content (AvgIpc) is 2.36. The summed E-state index contributed by atoms with van der Waals surface area (Å²) >= 11 is 0. The van der Waals surface area contributed by atoms with Crippen LogP contribution in [0.25, 0.3) is 0 Å². The predicted molar refractivity (Wildman–Crippen MR) is 70.8 cm³/mol. The van der Waals surface area contributed by atoms with Gasteiger partial charge in [-0.3, -0.25) is 4.79 Å². The molecule has 0 aromatic heterocycles. The number of nitrogens with zero attached hydrogens (tertiary/aromatic N) is 1. The number of hydrogen-bond donors (Lipinski definition) is 1. The summed E-state index contributed by atoms with van der Waals surface area (Å²) in [6, 6.07) is 7.12. The number of carbonyl (C=O) groups is 1. The van der Waals surface area contributed by atoms with E-state index in [2.05, 4.69) is 13.8 Å². The van der Waals surface area contributed by atoms with Gasteiger partial charge in [0.25, 0.3) is 5.91 Å². The second kappa shape index (κ2) is 7.01. The van der Waals surface area contributed by atoms with Crippen LogP contribution < -0.4 is 4.74 Å². The zero-order valence-corrected chi connectivity index (χ0v) is 11.2. The summed E-state index contributed by atoms with van der Waals surface area (Å²) in [4.78, 5) is 13.5. The van der Waals surface area contributed by atoms with Crippen LogP contribution in [0.2, 0.25) is 0 Å². The van der Waals surface area contributed by atoms with E-state index in [9.17, 15) is 4.79 Å². The normalized spacial score (nSPS) is 10.5. The van der Waals surface area contributed by atoms with E-state index in [0.29, 0.717) is 30.4 Å². The first kappa shape index (κ1) is 14.5. The van der Waals surface area contributed by atoms with Crippen LogP contribution in [0, 0.1) is 5.92 Å². The Bertz CT molecular complexity index is 390. The van der Waals surface area contributed by atoms with Crippen molar-refractivity contribution in [3.63, 3.8) is 0 Å². The van der Waals surface area contributed by atoms with Crippen LogP contribution in [0.5, 0.6) is 5.75 Å². The van der Waals surface area contributed by atoms with Crippen molar-refractivity contribution in [2.75, 3.05) is 26.8 Å². The van der Waals surface area contributed by atoms with Gasteiger partial charge in [0, 0.05) is 19.2 Å². The van der Waals surface area contributed by atoms with Crippen molar-refractivity contribution >= 4 is 5.91 Å². The summed E-state index contributed by atoms with van der Waals surface area (Å²) in [5.74, 6) is 1.03. The minimum Gasteiger partial charge on any atom is -0.493 e. The molecular weight excluding hydrogens is 230 g/mol. The van der Waals surface area contributed by atoms with Gasteiger partial charge in [-0.25, -0.2) is 0 Å². The lowest BCUT2D eigenvalue weighted by atomic mass is 10.2. The molecule has 0 fully saturated rings. The van der Waals surface area contributed by atoms with Crippen LogP contribution in [0.1, 0.15) is 24.2 Å².